The molecule has 0 aliphatic carbocycles. The highest BCUT2D eigenvalue weighted by Gasteiger charge is 2.37. The molecule has 0 bridgehead atoms. The second-order valence-corrected chi connectivity index (χ2v) is 3.99. The first-order valence-corrected chi connectivity index (χ1v) is 5.31. The monoisotopic (exact) mass is 260 g/mol. The highest BCUT2D eigenvalue weighted by molar-refractivity contribution is 5.82. The van der Waals surface area contributed by atoms with Gasteiger partial charge in [-0.25, -0.2) is 0 Å². The van der Waals surface area contributed by atoms with Gasteiger partial charge in [0.05, 0.1) is 12.2 Å². The third-order valence-corrected chi connectivity index (χ3v) is 2.54. The van der Waals surface area contributed by atoms with Gasteiger partial charge in [0.15, 0.2) is 5.82 Å². The van der Waals surface area contributed by atoms with Crippen molar-refractivity contribution in [3.05, 3.63) is 17.3 Å². The van der Waals surface area contributed by atoms with Crippen LogP contribution < -0.4 is 10.2 Å². The molecule has 98 valence electrons. The largest absolute Gasteiger partial charge is 0.420 e. The van der Waals surface area contributed by atoms with Gasteiger partial charge in [0.25, 0.3) is 0 Å². The van der Waals surface area contributed by atoms with Crippen molar-refractivity contribution in [1.82, 2.24) is 15.5 Å². The fraction of sp³-hybridized carbons (Fsp3) is 0.500. The minimum atomic E-state index is -4.51. The Hall–Kier alpha value is -1.86. The maximum atomic E-state index is 12.9. The second kappa shape index (κ2) is 4.43. The first-order chi connectivity index (χ1) is 8.38. The van der Waals surface area contributed by atoms with Crippen LogP contribution in [0.25, 0.3) is 0 Å². The minimum absolute atomic E-state index is 0.138. The molecular formula is C10H11F3N4O. The molecule has 5 nitrogen and oxygen atoms in total. The van der Waals surface area contributed by atoms with Crippen LogP contribution in [0, 0.1) is 6.92 Å². The number of hydrogen-bond donors (Lipinski definition) is 1. The number of carbonyl (C=O) groups excluding carboxylic acids is 1. The number of hydrogen-bond acceptors (Lipinski definition) is 4. The van der Waals surface area contributed by atoms with E-state index in [2.05, 4.69) is 15.5 Å². The standard InChI is InChI=1S/C10H11F3N4O/c1-6-4-7(10(11,12)13)9(16-15-6)17-3-2-14-8(18)5-17/h4H,2-3,5H2,1H3,(H,14,18). The van der Waals surface area contributed by atoms with Crippen molar-refractivity contribution in [3.63, 3.8) is 0 Å². The Balaban J connectivity index is 2.40. The molecule has 1 aliphatic rings. The number of aryl methyl sites for hydroxylation is 1. The summed E-state index contributed by atoms with van der Waals surface area (Å²) in [6, 6.07) is 0.939. The Bertz CT molecular complexity index is 475. The summed E-state index contributed by atoms with van der Waals surface area (Å²) in [7, 11) is 0. The summed E-state index contributed by atoms with van der Waals surface area (Å²) in [5, 5.41) is 9.75. The highest BCUT2D eigenvalue weighted by atomic mass is 19.4. The van der Waals surface area contributed by atoms with E-state index in [1.54, 1.807) is 0 Å². The molecule has 1 aliphatic heterocycles. The molecule has 2 heterocycles. The summed E-state index contributed by atoms with van der Waals surface area (Å²) in [4.78, 5) is 12.5. The molecule has 1 aromatic heterocycles. The van der Waals surface area contributed by atoms with Crippen LogP contribution in [-0.4, -0.2) is 35.7 Å². The minimum Gasteiger partial charge on any atom is -0.353 e. The summed E-state index contributed by atoms with van der Waals surface area (Å²) in [5.41, 5.74) is -0.669. The molecule has 0 spiro atoms. The van der Waals surface area contributed by atoms with Crippen molar-refractivity contribution in [2.45, 2.75) is 13.1 Å². The van der Waals surface area contributed by atoms with Crippen molar-refractivity contribution in [2.75, 3.05) is 24.5 Å². The number of alkyl halides is 3. The molecule has 1 saturated heterocycles. The van der Waals surface area contributed by atoms with Gasteiger partial charge in [0.1, 0.15) is 5.56 Å². The van der Waals surface area contributed by atoms with Crippen LogP contribution in [-0.2, 0) is 11.0 Å². The third kappa shape index (κ3) is 2.52. The third-order valence-electron chi connectivity index (χ3n) is 2.54. The Morgan fingerprint density at radius 3 is 2.72 bits per heavy atom. The van der Waals surface area contributed by atoms with Crippen LogP contribution in [0.5, 0.6) is 0 Å². The van der Waals surface area contributed by atoms with Crippen molar-refractivity contribution in [3.8, 4) is 0 Å². The predicted molar refractivity (Wildman–Crippen MR) is 57.0 cm³/mol. The fourth-order valence-corrected chi connectivity index (χ4v) is 1.74. The number of carbonyl (C=O) groups is 1. The van der Waals surface area contributed by atoms with E-state index in [1.165, 1.54) is 11.8 Å². The molecule has 1 N–H and O–H groups in total. The summed E-state index contributed by atoms with van der Waals surface area (Å²) >= 11 is 0. The van der Waals surface area contributed by atoms with Crippen molar-refractivity contribution >= 4 is 11.7 Å². The van der Waals surface area contributed by atoms with E-state index in [1.807, 2.05) is 0 Å². The van der Waals surface area contributed by atoms with Gasteiger partial charge in [0.2, 0.25) is 5.91 Å². The Morgan fingerprint density at radius 2 is 2.11 bits per heavy atom. The Labute approximate surface area is 101 Å². The van der Waals surface area contributed by atoms with E-state index in [4.69, 9.17) is 0 Å². The van der Waals surface area contributed by atoms with Crippen LogP contribution in [0.4, 0.5) is 19.0 Å². The quantitative estimate of drug-likeness (QED) is 0.809. The van der Waals surface area contributed by atoms with Crippen LogP contribution >= 0.6 is 0 Å². The zero-order chi connectivity index (χ0) is 13.3. The zero-order valence-electron chi connectivity index (χ0n) is 9.58. The summed E-state index contributed by atoms with van der Waals surface area (Å²) < 4.78 is 38.7. The lowest BCUT2D eigenvalue weighted by atomic mass is 10.2. The topological polar surface area (TPSA) is 58.1 Å². The molecule has 0 unspecified atom stereocenters. The first-order valence-electron chi connectivity index (χ1n) is 5.31. The molecule has 1 amide bonds. The molecule has 0 saturated carbocycles. The van der Waals surface area contributed by atoms with Crippen LogP contribution in [0.15, 0.2) is 6.07 Å². The molecule has 0 atom stereocenters. The number of halogens is 3. The maximum absolute atomic E-state index is 12.9. The number of nitrogens with zero attached hydrogens (tertiary/aromatic N) is 3. The number of piperazine rings is 1. The molecule has 2 rings (SSSR count). The van der Waals surface area contributed by atoms with Crippen LogP contribution in [0.2, 0.25) is 0 Å². The van der Waals surface area contributed by atoms with E-state index < -0.39 is 11.7 Å². The summed E-state index contributed by atoms with van der Waals surface area (Å²) in [6.45, 7) is 1.88. The van der Waals surface area contributed by atoms with E-state index in [-0.39, 0.29) is 30.5 Å². The lowest BCUT2D eigenvalue weighted by Gasteiger charge is -2.29. The fourth-order valence-electron chi connectivity index (χ4n) is 1.74. The smallest absolute Gasteiger partial charge is 0.353 e. The SMILES string of the molecule is Cc1cc(C(F)(F)F)c(N2CCNC(=O)C2)nn1. The van der Waals surface area contributed by atoms with Gasteiger partial charge in [-0.15, -0.1) is 5.10 Å². The van der Waals surface area contributed by atoms with Gasteiger partial charge in [-0.05, 0) is 13.0 Å². The molecule has 0 radical (unpaired) electrons. The van der Waals surface area contributed by atoms with Crippen molar-refractivity contribution < 1.29 is 18.0 Å². The average Bonchev–Trinajstić information content (AvgIpc) is 2.27. The second-order valence-electron chi connectivity index (χ2n) is 3.99. The predicted octanol–water partition coefficient (Wildman–Crippen LogP) is 0.740. The van der Waals surface area contributed by atoms with Crippen LogP contribution in [0.1, 0.15) is 11.3 Å². The lowest BCUT2D eigenvalue weighted by Crippen LogP contribution is -2.48. The molecule has 8 heteroatoms. The Kier molecular flexibility index (Phi) is 3.10. The van der Waals surface area contributed by atoms with Gasteiger partial charge >= 0.3 is 6.18 Å². The molecule has 0 aromatic carbocycles. The van der Waals surface area contributed by atoms with Gasteiger partial charge in [-0.2, -0.15) is 18.3 Å². The highest BCUT2D eigenvalue weighted by Crippen LogP contribution is 2.35. The van der Waals surface area contributed by atoms with Crippen molar-refractivity contribution in [2.24, 2.45) is 0 Å². The average molecular weight is 260 g/mol. The van der Waals surface area contributed by atoms with E-state index in [0.29, 0.717) is 6.54 Å². The number of nitrogens with one attached hydrogen (secondary N) is 1. The number of rotatable bonds is 1. The first kappa shape index (κ1) is 12.6. The van der Waals surface area contributed by atoms with Gasteiger partial charge in [0, 0.05) is 13.1 Å². The van der Waals surface area contributed by atoms with Crippen LogP contribution in [0.3, 0.4) is 0 Å². The van der Waals surface area contributed by atoms with E-state index >= 15 is 0 Å². The van der Waals surface area contributed by atoms with E-state index in [0.717, 1.165) is 6.07 Å². The van der Waals surface area contributed by atoms with Gasteiger partial charge < -0.3 is 10.2 Å². The molecule has 18 heavy (non-hydrogen) atoms. The van der Waals surface area contributed by atoms with E-state index in [9.17, 15) is 18.0 Å². The normalized spacial score (nSPS) is 16.7. The van der Waals surface area contributed by atoms with Gasteiger partial charge in [-0.3, -0.25) is 4.79 Å². The zero-order valence-corrected chi connectivity index (χ0v) is 9.58. The maximum Gasteiger partial charge on any atom is 0.420 e. The number of aromatic nitrogens is 2. The lowest BCUT2D eigenvalue weighted by molar-refractivity contribution is -0.137. The Morgan fingerprint density at radius 1 is 1.39 bits per heavy atom. The molecule has 1 aromatic rings. The molecule has 1 fully saturated rings. The number of anilines is 1. The summed E-state index contributed by atoms with van der Waals surface area (Å²) in [5.74, 6) is -0.611. The van der Waals surface area contributed by atoms with Gasteiger partial charge in [-0.1, -0.05) is 0 Å². The number of amides is 1. The van der Waals surface area contributed by atoms with Crippen molar-refractivity contribution in [1.29, 1.82) is 0 Å². The molecular weight excluding hydrogens is 249 g/mol. The summed E-state index contributed by atoms with van der Waals surface area (Å²) in [6.07, 6.45) is -4.51.